The van der Waals surface area contributed by atoms with Crippen LogP contribution in [0, 0.1) is 11.7 Å². The van der Waals surface area contributed by atoms with Gasteiger partial charge >= 0.3 is 5.97 Å². The molecule has 0 saturated heterocycles. The van der Waals surface area contributed by atoms with E-state index in [9.17, 15) is 4.79 Å². The van der Waals surface area contributed by atoms with Crippen molar-refractivity contribution in [2.24, 2.45) is 5.92 Å². The van der Waals surface area contributed by atoms with Gasteiger partial charge in [0.15, 0.2) is 0 Å². The average molecular weight is 515 g/mol. The van der Waals surface area contributed by atoms with Crippen molar-refractivity contribution >= 4 is 5.97 Å². The van der Waals surface area contributed by atoms with E-state index in [-0.39, 0.29) is 5.82 Å². The minimum atomic E-state index is -0.406. The van der Waals surface area contributed by atoms with Crippen molar-refractivity contribution in [1.29, 1.82) is 0 Å². The summed E-state index contributed by atoms with van der Waals surface area (Å²) < 4.78 is 20.7. The summed E-state index contributed by atoms with van der Waals surface area (Å²) >= 11 is 0. The summed E-state index contributed by atoms with van der Waals surface area (Å²) in [6, 6.07) is 20.5. The number of carbonyl (C=O) groups is 1. The number of benzene rings is 3. The second-order valence-corrected chi connectivity index (χ2v) is 11.0. The maximum Gasteiger partial charge on any atom is 0.343 e. The maximum atomic E-state index is 15.2. The molecule has 1 fully saturated rings. The first-order chi connectivity index (χ1) is 18.6. The van der Waals surface area contributed by atoms with Gasteiger partial charge in [-0.15, -0.1) is 0 Å². The fourth-order valence-corrected chi connectivity index (χ4v) is 5.74. The third-order valence-electron chi connectivity index (χ3n) is 8.16. The standard InChI is InChI=1S/C35H43FO2/c1-3-5-7-9-26-11-15-28(16-12-26)31-21-24-33(34(36)25-31)29-17-19-30(20-18-29)35(37)38-32-22-13-27(14-23-32)10-8-6-4-2/h13-14,17-26,28H,3-12,15-16H2,1-2H3/t26-,28-. The molecule has 1 saturated carbocycles. The molecule has 0 radical (unpaired) electrons. The Labute approximate surface area is 228 Å². The molecule has 0 heterocycles. The normalized spacial score (nSPS) is 17.3. The SMILES string of the molecule is CCCCCc1ccc(OC(=O)c2ccc(-c3ccc([C@H]4CC[C@H](CCCCC)CC4)cc3F)cc2)cc1. The first-order valence-electron chi connectivity index (χ1n) is 14.8. The Balaban J connectivity index is 1.32. The van der Waals surface area contributed by atoms with Gasteiger partial charge < -0.3 is 4.74 Å². The Morgan fingerprint density at radius 1 is 0.816 bits per heavy atom. The molecule has 202 valence electrons. The average Bonchev–Trinajstić information content (AvgIpc) is 2.95. The van der Waals surface area contributed by atoms with Gasteiger partial charge in [0.25, 0.3) is 0 Å². The quantitative estimate of drug-likeness (QED) is 0.136. The summed E-state index contributed by atoms with van der Waals surface area (Å²) in [5.74, 6) is 1.25. The first-order valence-corrected chi connectivity index (χ1v) is 14.8. The third kappa shape index (κ3) is 7.79. The molecular formula is C35H43FO2. The number of unbranched alkanes of at least 4 members (excludes halogenated alkanes) is 4. The monoisotopic (exact) mass is 514 g/mol. The fraction of sp³-hybridized carbons (Fsp3) is 0.457. The number of carbonyl (C=O) groups excluding carboxylic acids is 1. The van der Waals surface area contributed by atoms with Crippen LogP contribution in [-0.4, -0.2) is 5.97 Å². The molecule has 0 unspecified atom stereocenters. The Kier molecular flexibility index (Phi) is 10.6. The van der Waals surface area contributed by atoms with E-state index in [0.717, 1.165) is 36.3 Å². The van der Waals surface area contributed by atoms with Gasteiger partial charge in [0.05, 0.1) is 5.56 Å². The summed E-state index contributed by atoms with van der Waals surface area (Å²) in [5.41, 5.74) is 4.16. The minimum Gasteiger partial charge on any atom is -0.423 e. The highest BCUT2D eigenvalue weighted by Crippen LogP contribution is 2.39. The number of hydrogen-bond acceptors (Lipinski definition) is 2. The lowest BCUT2D eigenvalue weighted by Crippen LogP contribution is -2.13. The Hall–Kier alpha value is -2.94. The van der Waals surface area contributed by atoms with Gasteiger partial charge in [0, 0.05) is 5.56 Å². The Bertz CT molecular complexity index is 1140. The zero-order valence-electron chi connectivity index (χ0n) is 23.2. The zero-order valence-corrected chi connectivity index (χ0v) is 23.2. The lowest BCUT2D eigenvalue weighted by atomic mass is 9.77. The van der Waals surface area contributed by atoms with Crippen molar-refractivity contribution in [1.82, 2.24) is 0 Å². The summed E-state index contributed by atoms with van der Waals surface area (Å²) in [6.07, 6.45) is 14.8. The number of aryl methyl sites for hydroxylation is 1. The van der Waals surface area contributed by atoms with Crippen LogP contribution < -0.4 is 4.74 Å². The van der Waals surface area contributed by atoms with E-state index in [1.54, 1.807) is 30.3 Å². The van der Waals surface area contributed by atoms with Crippen LogP contribution in [0.4, 0.5) is 4.39 Å². The Morgan fingerprint density at radius 3 is 2.16 bits per heavy atom. The molecular weight excluding hydrogens is 471 g/mol. The molecule has 38 heavy (non-hydrogen) atoms. The minimum absolute atomic E-state index is 0.193. The molecule has 4 rings (SSSR count). The second kappa shape index (κ2) is 14.3. The molecule has 0 spiro atoms. The number of esters is 1. The highest BCUT2D eigenvalue weighted by Gasteiger charge is 2.23. The summed E-state index contributed by atoms with van der Waals surface area (Å²) in [7, 11) is 0. The van der Waals surface area contributed by atoms with Crippen molar-refractivity contribution < 1.29 is 13.9 Å². The topological polar surface area (TPSA) is 26.3 Å². The van der Waals surface area contributed by atoms with Gasteiger partial charge in [-0.1, -0.05) is 88.8 Å². The van der Waals surface area contributed by atoms with Crippen LogP contribution in [-0.2, 0) is 6.42 Å². The molecule has 0 N–H and O–H groups in total. The molecule has 0 bridgehead atoms. The van der Waals surface area contributed by atoms with Gasteiger partial charge in [-0.25, -0.2) is 9.18 Å². The van der Waals surface area contributed by atoms with Crippen LogP contribution in [0.5, 0.6) is 5.75 Å². The van der Waals surface area contributed by atoms with Crippen molar-refractivity contribution in [3.63, 3.8) is 0 Å². The molecule has 3 heteroatoms. The molecule has 3 aromatic carbocycles. The van der Waals surface area contributed by atoms with Crippen molar-refractivity contribution in [2.45, 2.75) is 96.8 Å². The van der Waals surface area contributed by atoms with Crippen LogP contribution in [0.3, 0.4) is 0 Å². The third-order valence-corrected chi connectivity index (χ3v) is 8.16. The zero-order chi connectivity index (χ0) is 26.7. The highest BCUT2D eigenvalue weighted by molar-refractivity contribution is 5.91. The summed E-state index contributed by atoms with van der Waals surface area (Å²) in [4.78, 5) is 12.6. The number of halogens is 1. The number of ether oxygens (including phenoxy) is 1. The fourth-order valence-electron chi connectivity index (χ4n) is 5.74. The molecule has 1 aliphatic rings. The van der Waals surface area contributed by atoms with Crippen LogP contribution >= 0.6 is 0 Å². The van der Waals surface area contributed by atoms with Crippen LogP contribution in [0.15, 0.2) is 66.7 Å². The molecule has 0 atom stereocenters. The van der Waals surface area contributed by atoms with Crippen molar-refractivity contribution in [2.75, 3.05) is 0 Å². The van der Waals surface area contributed by atoms with E-state index in [1.165, 1.54) is 63.4 Å². The van der Waals surface area contributed by atoms with Gasteiger partial charge in [0.2, 0.25) is 0 Å². The molecule has 0 amide bonds. The molecule has 1 aliphatic carbocycles. The van der Waals surface area contributed by atoms with Gasteiger partial charge in [0.1, 0.15) is 11.6 Å². The van der Waals surface area contributed by atoms with E-state index in [0.29, 0.717) is 22.8 Å². The number of hydrogen-bond donors (Lipinski definition) is 0. The predicted octanol–water partition coefficient (Wildman–Crippen LogP) is 10.3. The molecule has 3 aromatic rings. The smallest absolute Gasteiger partial charge is 0.343 e. The first kappa shape index (κ1) is 28.1. The molecule has 0 aromatic heterocycles. The van der Waals surface area contributed by atoms with Gasteiger partial charge in [-0.3, -0.25) is 0 Å². The molecule has 2 nitrogen and oxygen atoms in total. The van der Waals surface area contributed by atoms with Gasteiger partial charge in [-0.2, -0.15) is 0 Å². The van der Waals surface area contributed by atoms with Crippen molar-refractivity contribution in [3.8, 4) is 16.9 Å². The summed E-state index contributed by atoms with van der Waals surface area (Å²) in [5, 5.41) is 0. The maximum absolute atomic E-state index is 15.2. The van der Waals surface area contributed by atoms with Crippen LogP contribution in [0.1, 0.15) is 112 Å². The van der Waals surface area contributed by atoms with E-state index >= 15 is 4.39 Å². The summed E-state index contributed by atoms with van der Waals surface area (Å²) in [6.45, 7) is 4.45. The van der Waals surface area contributed by atoms with E-state index < -0.39 is 5.97 Å². The van der Waals surface area contributed by atoms with Crippen molar-refractivity contribution in [3.05, 3.63) is 89.2 Å². The second-order valence-electron chi connectivity index (χ2n) is 11.0. The Morgan fingerprint density at radius 2 is 1.50 bits per heavy atom. The van der Waals surface area contributed by atoms with Gasteiger partial charge in [-0.05, 0) is 97.4 Å². The largest absolute Gasteiger partial charge is 0.423 e. The van der Waals surface area contributed by atoms with Crippen LogP contribution in [0.25, 0.3) is 11.1 Å². The lowest BCUT2D eigenvalue weighted by Gasteiger charge is -2.29. The highest BCUT2D eigenvalue weighted by atomic mass is 19.1. The van der Waals surface area contributed by atoms with E-state index in [1.807, 2.05) is 30.3 Å². The van der Waals surface area contributed by atoms with Crippen LogP contribution in [0.2, 0.25) is 0 Å². The van der Waals surface area contributed by atoms with E-state index in [2.05, 4.69) is 19.9 Å². The lowest BCUT2D eigenvalue weighted by molar-refractivity contribution is 0.0734. The van der Waals surface area contributed by atoms with E-state index in [4.69, 9.17) is 4.74 Å². The number of rotatable bonds is 12. The predicted molar refractivity (Wildman–Crippen MR) is 155 cm³/mol. The molecule has 0 aliphatic heterocycles.